The minimum Gasteiger partial charge on any atom is -0.454 e. The Bertz CT molecular complexity index is 945. The SMILES string of the molecule is O=C1/C(=C/c2cc(Cl)c3c(c2)OCO3)NC(=S)N1c1ccccc1Cl. The van der Waals surface area contributed by atoms with Gasteiger partial charge >= 0.3 is 0 Å². The predicted octanol–water partition coefficient (Wildman–Crippen LogP) is 3.98. The molecule has 126 valence electrons. The van der Waals surface area contributed by atoms with Crippen LogP contribution in [0.2, 0.25) is 10.0 Å². The van der Waals surface area contributed by atoms with Crippen molar-refractivity contribution in [1.29, 1.82) is 0 Å². The van der Waals surface area contributed by atoms with Crippen LogP contribution in [0.15, 0.2) is 42.1 Å². The van der Waals surface area contributed by atoms with Crippen LogP contribution in [0.1, 0.15) is 5.56 Å². The molecule has 0 saturated carbocycles. The molecule has 2 aliphatic heterocycles. The van der Waals surface area contributed by atoms with Crippen LogP contribution in [0.4, 0.5) is 5.69 Å². The zero-order chi connectivity index (χ0) is 17.6. The number of nitrogens with zero attached hydrogens (tertiary/aromatic N) is 1. The molecule has 2 aliphatic rings. The number of carbonyl (C=O) groups excluding carboxylic acids is 1. The second-order valence-corrected chi connectivity index (χ2v) is 6.52. The smallest absolute Gasteiger partial charge is 0.281 e. The monoisotopic (exact) mass is 392 g/mol. The van der Waals surface area contributed by atoms with Gasteiger partial charge in [-0.3, -0.25) is 9.69 Å². The zero-order valence-corrected chi connectivity index (χ0v) is 14.9. The summed E-state index contributed by atoms with van der Waals surface area (Å²) in [6.45, 7) is 0.122. The van der Waals surface area contributed by atoms with Crippen molar-refractivity contribution < 1.29 is 14.3 Å². The fourth-order valence-corrected chi connectivity index (χ4v) is 3.41. The number of hydrogen-bond donors (Lipinski definition) is 1. The van der Waals surface area contributed by atoms with Gasteiger partial charge in [-0.15, -0.1) is 0 Å². The van der Waals surface area contributed by atoms with Crippen molar-refractivity contribution in [2.75, 3.05) is 11.7 Å². The molecule has 1 fully saturated rings. The minimum atomic E-state index is -0.299. The third-order valence-corrected chi connectivity index (χ3v) is 4.62. The standard InChI is InChI=1S/C17H10Cl2N2O3S/c18-10-3-1-2-4-13(10)21-16(22)12(20-17(21)25)6-9-5-11(19)15-14(7-9)23-8-24-15/h1-7H,8H2,(H,20,25)/b12-6-. The lowest BCUT2D eigenvalue weighted by molar-refractivity contribution is -0.113. The zero-order valence-electron chi connectivity index (χ0n) is 12.6. The minimum absolute atomic E-state index is 0.122. The average molecular weight is 393 g/mol. The first-order valence-electron chi connectivity index (χ1n) is 7.25. The quantitative estimate of drug-likeness (QED) is 0.618. The number of rotatable bonds is 2. The van der Waals surface area contributed by atoms with E-state index in [1.165, 1.54) is 4.90 Å². The Morgan fingerprint density at radius 2 is 1.96 bits per heavy atom. The number of amides is 1. The molecule has 0 atom stereocenters. The maximum absolute atomic E-state index is 12.8. The number of benzene rings is 2. The Morgan fingerprint density at radius 3 is 2.76 bits per heavy atom. The number of para-hydroxylation sites is 1. The fourth-order valence-electron chi connectivity index (χ4n) is 2.62. The maximum Gasteiger partial charge on any atom is 0.281 e. The lowest BCUT2D eigenvalue weighted by atomic mass is 10.1. The number of fused-ring (bicyclic) bond motifs is 1. The third kappa shape index (κ3) is 2.82. The maximum atomic E-state index is 12.8. The summed E-state index contributed by atoms with van der Waals surface area (Å²) in [4.78, 5) is 14.1. The van der Waals surface area contributed by atoms with E-state index in [1.807, 2.05) is 0 Å². The molecule has 25 heavy (non-hydrogen) atoms. The predicted molar refractivity (Wildman–Crippen MR) is 100 cm³/mol. The molecule has 1 N–H and O–H groups in total. The van der Waals surface area contributed by atoms with Gasteiger partial charge in [0.2, 0.25) is 6.79 Å². The second-order valence-electron chi connectivity index (χ2n) is 5.32. The number of halogens is 2. The summed E-state index contributed by atoms with van der Waals surface area (Å²) < 4.78 is 10.6. The van der Waals surface area contributed by atoms with Gasteiger partial charge in [-0.05, 0) is 48.1 Å². The molecule has 8 heteroatoms. The van der Waals surface area contributed by atoms with E-state index in [4.69, 9.17) is 44.9 Å². The molecule has 0 bridgehead atoms. The van der Waals surface area contributed by atoms with Crippen LogP contribution in [-0.2, 0) is 4.79 Å². The van der Waals surface area contributed by atoms with Gasteiger partial charge in [-0.25, -0.2) is 0 Å². The van der Waals surface area contributed by atoms with E-state index in [0.717, 1.165) is 0 Å². The van der Waals surface area contributed by atoms with E-state index in [0.29, 0.717) is 38.5 Å². The van der Waals surface area contributed by atoms with Gasteiger partial charge in [0.1, 0.15) is 5.70 Å². The van der Waals surface area contributed by atoms with Crippen LogP contribution in [-0.4, -0.2) is 17.8 Å². The molecule has 0 aliphatic carbocycles. The molecule has 5 nitrogen and oxygen atoms in total. The van der Waals surface area contributed by atoms with Crippen LogP contribution in [0, 0.1) is 0 Å². The highest BCUT2D eigenvalue weighted by atomic mass is 35.5. The van der Waals surface area contributed by atoms with Crippen molar-refractivity contribution in [1.82, 2.24) is 5.32 Å². The molecule has 0 radical (unpaired) electrons. The van der Waals surface area contributed by atoms with E-state index < -0.39 is 0 Å². The van der Waals surface area contributed by atoms with Crippen LogP contribution in [0.25, 0.3) is 6.08 Å². The van der Waals surface area contributed by atoms with Crippen molar-refractivity contribution >= 4 is 58.2 Å². The van der Waals surface area contributed by atoms with Gasteiger partial charge in [-0.1, -0.05) is 35.3 Å². The van der Waals surface area contributed by atoms with Crippen molar-refractivity contribution in [3.05, 3.63) is 57.7 Å². The lowest BCUT2D eigenvalue weighted by Crippen LogP contribution is -2.30. The highest BCUT2D eigenvalue weighted by Crippen LogP contribution is 2.40. The van der Waals surface area contributed by atoms with Gasteiger partial charge in [0.25, 0.3) is 5.91 Å². The number of thiocarbonyl (C=S) groups is 1. The number of nitrogens with one attached hydrogen (secondary N) is 1. The Morgan fingerprint density at radius 1 is 1.16 bits per heavy atom. The first-order chi connectivity index (χ1) is 12.0. The molecule has 4 rings (SSSR count). The number of hydrogen-bond acceptors (Lipinski definition) is 4. The summed E-state index contributed by atoms with van der Waals surface area (Å²) in [5.41, 5.74) is 1.53. The van der Waals surface area contributed by atoms with Gasteiger partial charge < -0.3 is 14.8 Å². The molecular formula is C17H10Cl2N2O3S. The Hall–Kier alpha value is -2.28. The van der Waals surface area contributed by atoms with E-state index in [-0.39, 0.29) is 17.8 Å². The number of anilines is 1. The lowest BCUT2D eigenvalue weighted by Gasteiger charge is -2.15. The van der Waals surface area contributed by atoms with E-state index in [9.17, 15) is 4.79 Å². The summed E-state index contributed by atoms with van der Waals surface area (Å²) in [7, 11) is 0. The van der Waals surface area contributed by atoms with E-state index in [1.54, 1.807) is 42.5 Å². The normalized spacial score (nSPS) is 17.4. The van der Waals surface area contributed by atoms with Gasteiger partial charge in [0.05, 0.1) is 15.7 Å². The Balaban J connectivity index is 1.70. The molecule has 1 saturated heterocycles. The fraction of sp³-hybridized carbons (Fsp3) is 0.0588. The highest BCUT2D eigenvalue weighted by Gasteiger charge is 2.33. The second kappa shape index (κ2) is 6.22. The van der Waals surface area contributed by atoms with E-state index in [2.05, 4.69) is 5.32 Å². The van der Waals surface area contributed by atoms with Gasteiger partial charge in [0, 0.05) is 0 Å². The van der Waals surface area contributed by atoms with Crippen molar-refractivity contribution in [3.8, 4) is 11.5 Å². The highest BCUT2D eigenvalue weighted by molar-refractivity contribution is 7.80. The number of ether oxygens (including phenoxy) is 2. The molecular weight excluding hydrogens is 383 g/mol. The van der Waals surface area contributed by atoms with Crippen LogP contribution < -0.4 is 19.7 Å². The molecule has 0 unspecified atom stereocenters. The summed E-state index contributed by atoms with van der Waals surface area (Å²) >= 11 is 17.6. The third-order valence-electron chi connectivity index (χ3n) is 3.73. The van der Waals surface area contributed by atoms with Crippen LogP contribution in [0.5, 0.6) is 11.5 Å². The van der Waals surface area contributed by atoms with Gasteiger partial charge in [0.15, 0.2) is 16.6 Å². The molecule has 2 heterocycles. The average Bonchev–Trinajstić information content (AvgIpc) is 3.14. The van der Waals surface area contributed by atoms with Crippen LogP contribution in [0.3, 0.4) is 0 Å². The first kappa shape index (κ1) is 16.2. The molecule has 1 amide bonds. The topological polar surface area (TPSA) is 50.8 Å². The van der Waals surface area contributed by atoms with Crippen molar-refractivity contribution in [2.45, 2.75) is 0 Å². The van der Waals surface area contributed by atoms with Crippen molar-refractivity contribution in [3.63, 3.8) is 0 Å². The van der Waals surface area contributed by atoms with Gasteiger partial charge in [-0.2, -0.15) is 0 Å². The van der Waals surface area contributed by atoms with E-state index >= 15 is 0 Å². The molecule has 2 aromatic carbocycles. The Labute approximate surface area is 158 Å². The van der Waals surface area contributed by atoms with Crippen molar-refractivity contribution in [2.24, 2.45) is 0 Å². The summed E-state index contributed by atoms with van der Waals surface area (Å²) in [6, 6.07) is 10.4. The first-order valence-corrected chi connectivity index (χ1v) is 8.42. The molecule has 2 aromatic rings. The van der Waals surface area contributed by atoms with Crippen LogP contribution >= 0.6 is 35.4 Å². The summed E-state index contributed by atoms with van der Waals surface area (Å²) in [5.74, 6) is 0.741. The molecule has 0 aromatic heterocycles. The Kier molecular flexibility index (Phi) is 4.03. The summed E-state index contributed by atoms with van der Waals surface area (Å²) in [6.07, 6.45) is 1.65. The summed E-state index contributed by atoms with van der Waals surface area (Å²) in [5, 5.41) is 4.02. The molecule has 0 spiro atoms. The largest absolute Gasteiger partial charge is 0.454 e. The number of carbonyl (C=O) groups is 1.